The van der Waals surface area contributed by atoms with Gasteiger partial charge in [-0.05, 0) is 42.8 Å². The average Bonchev–Trinajstić information content (AvgIpc) is 3.25. The van der Waals surface area contributed by atoms with Crippen molar-refractivity contribution in [2.75, 3.05) is 5.32 Å². The number of hydrogen-bond acceptors (Lipinski definition) is 5. The number of ether oxygens (including phenoxy) is 1. The zero-order chi connectivity index (χ0) is 20.6. The minimum atomic E-state index is -0.955. The Morgan fingerprint density at radius 1 is 1.03 bits per heavy atom. The van der Waals surface area contributed by atoms with Gasteiger partial charge in [0.2, 0.25) is 0 Å². The molecule has 2 N–H and O–H groups in total. The van der Waals surface area contributed by atoms with Gasteiger partial charge < -0.3 is 19.8 Å². The molecule has 0 bridgehead atoms. The molecule has 0 fully saturated rings. The number of benzene rings is 2. The van der Waals surface area contributed by atoms with Crippen LogP contribution >= 0.6 is 11.6 Å². The maximum absolute atomic E-state index is 12.6. The summed E-state index contributed by atoms with van der Waals surface area (Å²) in [6.45, 7) is 2.20. The van der Waals surface area contributed by atoms with Crippen LogP contribution in [0.4, 0.5) is 5.69 Å². The van der Waals surface area contributed by atoms with E-state index >= 15 is 0 Å². The Balaban J connectivity index is 1.57. The first kappa shape index (κ1) is 20.5. The fourth-order valence-corrected chi connectivity index (χ4v) is 2.86. The van der Waals surface area contributed by atoms with Crippen LogP contribution in [0.3, 0.4) is 0 Å². The molecule has 6 nitrogen and oxygen atoms in total. The average molecular weight is 413 g/mol. The van der Waals surface area contributed by atoms with E-state index < -0.39 is 18.0 Å². The minimum Gasteiger partial charge on any atom is -0.467 e. The van der Waals surface area contributed by atoms with Gasteiger partial charge in [0.25, 0.3) is 5.91 Å². The highest BCUT2D eigenvalue weighted by Crippen LogP contribution is 2.18. The molecular formula is C22H21ClN2O4. The molecule has 150 valence electrons. The van der Waals surface area contributed by atoms with Crippen molar-refractivity contribution < 1.29 is 18.7 Å². The summed E-state index contributed by atoms with van der Waals surface area (Å²) >= 11 is 6.09. The Bertz CT molecular complexity index is 972. The highest BCUT2D eigenvalue weighted by atomic mass is 35.5. The van der Waals surface area contributed by atoms with Crippen LogP contribution in [0.25, 0.3) is 0 Å². The number of halogens is 1. The third-order valence-electron chi connectivity index (χ3n) is 4.24. The van der Waals surface area contributed by atoms with Crippen molar-refractivity contribution in [2.24, 2.45) is 0 Å². The quantitative estimate of drug-likeness (QED) is 0.536. The molecule has 2 aromatic carbocycles. The lowest BCUT2D eigenvalue weighted by Gasteiger charge is -2.16. The van der Waals surface area contributed by atoms with E-state index in [1.807, 2.05) is 24.3 Å². The summed E-state index contributed by atoms with van der Waals surface area (Å²) < 4.78 is 10.6. The summed E-state index contributed by atoms with van der Waals surface area (Å²) in [5.74, 6) is -0.257. The van der Waals surface area contributed by atoms with Crippen LogP contribution in [0.2, 0.25) is 5.02 Å². The predicted octanol–water partition coefficient (Wildman–Crippen LogP) is 4.41. The van der Waals surface area contributed by atoms with E-state index in [1.165, 1.54) is 6.92 Å². The monoisotopic (exact) mass is 412 g/mol. The zero-order valence-corrected chi connectivity index (χ0v) is 16.6. The topological polar surface area (TPSA) is 80.6 Å². The second-order valence-electron chi connectivity index (χ2n) is 6.34. The van der Waals surface area contributed by atoms with Gasteiger partial charge in [0.1, 0.15) is 5.76 Å². The Morgan fingerprint density at radius 2 is 1.79 bits per heavy atom. The van der Waals surface area contributed by atoms with E-state index in [0.717, 1.165) is 11.3 Å². The number of carbonyl (C=O) groups is 2. The van der Waals surface area contributed by atoms with Gasteiger partial charge in [0.15, 0.2) is 6.10 Å². The number of nitrogens with one attached hydrogen (secondary N) is 2. The molecule has 0 saturated heterocycles. The number of furan rings is 1. The maximum Gasteiger partial charge on any atom is 0.341 e. The van der Waals surface area contributed by atoms with Gasteiger partial charge in [-0.2, -0.15) is 0 Å². The van der Waals surface area contributed by atoms with Gasteiger partial charge >= 0.3 is 5.97 Å². The van der Waals surface area contributed by atoms with Gasteiger partial charge in [-0.25, -0.2) is 4.79 Å². The summed E-state index contributed by atoms with van der Waals surface area (Å²) in [7, 11) is 0. The van der Waals surface area contributed by atoms with Crippen molar-refractivity contribution in [3.63, 3.8) is 0 Å². The number of anilines is 1. The van der Waals surface area contributed by atoms with E-state index in [1.54, 1.807) is 42.7 Å². The third kappa shape index (κ3) is 5.62. The number of hydrogen-bond donors (Lipinski definition) is 2. The molecule has 0 spiro atoms. The molecule has 7 heteroatoms. The summed E-state index contributed by atoms with van der Waals surface area (Å²) in [4.78, 5) is 24.9. The van der Waals surface area contributed by atoms with Crippen LogP contribution in [0.5, 0.6) is 0 Å². The fourth-order valence-electron chi connectivity index (χ4n) is 2.66. The molecule has 0 aliphatic carbocycles. The van der Waals surface area contributed by atoms with Gasteiger partial charge in [0.05, 0.1) is 18.4 Å². The molecule has 0 aliphatic rings. The largest absolute Gasteiger partial charge is 0.467 e. The maximum atomic E-state index is 12.6. The molecule has 29 heavy (non-hydrogen) atoms. The minimum absolute atomic E-state index is 0.252. The predicted molar refractivity (Wildman–Crippen MR) is 111 cm³/mol. The lowest BCUT2D eigenvalue weighted by Crippen LogP contribution is -2.35. The van der Waals surface area contributed by atoms with Crippen molar-refractivity contribution in [2.45, 2.75) is 26.1 Å². The SMILES string of the molecule is C[C@@H](OC(=O)c1ccccc1NCc1ccco1)C(=O)NCc1ccccc1Cl. The molecule has 1 aromatic heterocycles. The molecule has 0 radical (unpaired) electrons. The van der Waals surface area contributed by atoms with E-state index in [9.17, 15) is 9.59 Å². The van der Waals surface area contributed by atoms with Gasteiger partial charge in [0, 0.05) is 17.3 Å². The highest BCUT2D eigenvalue weighted by molar-refractivity contribution is 6.31. The number of rotatable bonds is 8. The summed E-state index contributed by atoms with van der Waals surface area (Å²) in [6, 6.07) is 17.8. The smallest absolute Gasteiger partial charge is 0.341 e. The molecule has 3 rings (SSSR count). The van der Waals surface area contributed by atoms with Crippen LogP contribution in [0.15, 0.2) is 71.3 Å². The Hall–Kier alpha value is -3.25. The van der Waals surface area contributed by atoms with Crippen molar-refractivity contribution in [1.82, 2.24) is 5.32 Å². The number of esters is 1. The van der Waals surface area contributed by atoms with Gasteiger partial charge in [-0.15, -0.1) is 0 Å². The van der Waals surface area contributed by atoms with E-state index in [4.69, 9.17) is 20.8 Å². The van der Waals surface area contributed by atoms with Gasteiger partial charge in [-0.1, -0.05) is 41.9 Å². The van der Waals surface area contributed by atoms with Crippen molar-refractivity contribution in [3.05, 3.63) is 88.8 Å². The standard InChI is InChI=1S/C22H21ClN2O4/c1-15(21(26)25-13-16-7-2-4-10-19(16)23)29-22(27)18-9-3-5-11-20(18)24-14-17-8-6-12-28-17/h2-12,15,24H,13-14H2,1H3,(H,25,26)/t15-/m1/s1. The Labute approximate surface area is 173 Å². The van der Waals surface area contributed by atoms with E-state index in [0.29, 0.717) is 22.8 Å². The first-order chi connectivity index (χ1) is 14.0. The first-order valence-electron chi connectivity index (χ1n) is 9.12. The number of amides is 1. The summed E-state index contributed by atoms with van der Waals surface area (Å²) in [6.07, 6.45) is 0.628. The van der Waals surface area contributed by atoms with Crippen LogP contribution in [-0.4, -0.2) is 18.0 Å². The Morgan fingerprint density at radius 3 is 2.55 bits per heavy atom. The van der Waals surface area contributed by atoms with E-state index in [-0.39, 0.29) is 6.54 Å². The van der Waals surface area contributed by atoms with Gasteiger partial charge in [-0.3, -0.25) is 4.79 Å². The first-order valence-corrected chi connectivity index (χ1v) is 9.50. The van der Waals surface area contributed by atoms with Crippen molar-refractivity contribution >= 4 is 29.2 Å². The van der Waals surface area contributed by atoms with Crippen molar-refractivity contribution in [3.8, 4) is 0 Å². The normalized spacial score (nSPS) is 11.5. The molecule has 0 saturated carbocycles. The molecule has 1 amide bonds. The zero-order valence-electron chi connectivity index (χ0n) is 15.9. The lowest BCUT2D eigenvalue weighted by molar-refractivity contribution is -0.129. The summed E-state index contributed by atoms with van der Waals surface area (Å²) in [5, 5.41) is 6.43. The Kier molecular flexibility index (Phi) is 6.92. The van der Waals surface area contributed by atoms with Crippen LogP contribution in [0.1, 0.15) is 28.6 Å². The molecule has 1 atom stereocenters. The highest BCUT2D eigenvalue weighted by Gasteiger charge is 2.20. The van der Waals surface area contributed by atoms with E-state index in [2.05, 4.69) is 10.6 Å². The number of carbonyl (C=O) groups excluding carboxylic acids is 2. The third-order valence-corrected chi connectivity index (χ3v) is 4.61. The molecule has 1 heterocycles. The number of para-hydroxylation sites is 1. The van der Waals surface area contributed by atoms with Crippen LogP contribution in [0, 0.1) is 0 Å². The van der Waals surface area contributed by atoms with Crippen LogP contribution in [-0.2, 0) is 22.6 Å². The molecule has 0 aliphatic heterocycles. The van der Waals surface area contributed by atoms with Crippen molar-refractivity contribution in [1.29, 1.82) is 0 Å². The summed E-state index contributed by atoms with van der Waals surface area (Å²) in [5.41, 5.74) is 1.72. The molecule has 3 aromatic rings. The second-order valence-corrected chi connectivity index (χ2v) is 6.74. The van der Waals surface area contributed by atoms with Crippen LogP contribution < -0.4 is 10.6 Å². The lowest BCUT2D eigenvalue weighted by atomic mass is 10.1. The fraction of sp³-hybridized carbons (Fsp3) is 0.182. The molecular weight excluding hydrogens is 392 g/mol. The second kappa shape index (κ2) is 9.80. The molecule has 0 unspecified atom stereocenters.